The van der Waals surface area contributed by atoms with Crippen LogP contribution < -0.4 is 19.7 Å². The van der Waals surface area contributed by atoms with Gasteiger partial charge in [0, 0.05) is 12.2 Å². The third kappa shape index (κ3) is 5.92. The van der Waals surface area contributed by atoms with Crippen LogP contribution in [0.15, 0.2) is 72.8 Å². The van der Waals surface area contributed by atoms with E-state index < -0.39 is 0 Å². The van der Waals surface area contributed by atoms with E-state index in [1.807, 2.05) is 42.5 Å². The highest BCUT2D eigenvalue weighted by Crippen LogP contribution is 2.34. The van der Waals surface area contributed by atoms with Crippen molar-refractivity contribution in [3.8, 4) is 11.5 Å². The van der Waals surface area contributed by atoms with Gasteiger partial charge in [0.2, 0.25) is 0 Å². The lowest BCUT2D eigenvalue weighted by atomic mass is 10.1. The van der Waals surface area contributed by atoms with E-state index in [-0.39, 0.29) is 25.0 Å². The summed E-state index contributed by atoms with van der Waals surface area (Å²) in [5.74, 6) is 0.951. The Morgan fingerprint density at radius 3 is 2.67 bits per heavy atom. The van der Waals surface area contributed by atoms with E-state index in [4.69, 9.17) is 9.47 Å². The summed E-state index contributed by atoms with van der Waals surface area (Å²) in [5.41, 5.74) is 3.66. The molecule has 1 heterocycles. The minimum absolute atomic E-state index is 0.0225. The van der Waals surface area contributed by atoms with Crippen LogP contribution in [-0.2, 0) is 22.4 Å². The number of nitrogens with zero attached hydrogens (tertiary/aromatic N) is 1. The number of nitrogens with one attached hydrogen (secondary N) is 1. The molecular weight excluding hydrogens is 416 g/mol. The Kier molecular flexibility index (Phi) is 7.25. The Labute approximate surface area is 194 Å². The predicted octanol–water partition coefficient (Wildman–Crippen LogP) is 4.62. The van der Waals surface area contributed by atoms with Gasteiger partial charge in [-0.15, -0.1) is 0 Å². The number of benzene rings is 3. The Morgan fingerprint density at radius 2 is 1.85 bits per heavy atom. The van der Waals surface area contributed by atoms with Crippen molar-refractivity contribution in [3.05, 3.63) is 83.9 Å². The minimum Gasteiger partial charge on any atom is -0.484 e. The summed E-state index contributed by atoms with van der Waals surface area (Å²) in [6.07, 6.45) is 2.62. The molecule has 4 rings (SSSR count). The Hall–Kier alpha value is -3.80. The molecule has 0 unspecified atom stereocenters. The van der Waals surface area contributed by atoms with Gasteiger partial charge in [0.15, 0.2) is 13.2 Å². The average molecular weight is 445 g/mol. The maximum absolute atomic E-state index is 12.5. The number of ether oxygens (including phenoxy) is 2. The Bertz CT molecular complexity index is 1110. The van der Waals surface area contributed by atoms with Crippen molar-refractivity contribution < 1.29 is 19.1 Å². The number of anilines is 2. The highest BCUT2D eigenvalue weighted by Gasteiger charge is 2.25. The second-order valence-electron chi connectivity index (χ2n) is 7.94. The zero-order valence-corrected chi connectivity index (χ0v) is 18.8. The van der Waals surface area contributed by atoms with Gasteiger partial charge in [-0.25, -0.2) is 0 Å². The number of aryl methyl sites for hydroxylation is 2. The molecular formula is C27H28N2O4. The molecule has 0 saturated heterocycles. The zero-order chi connectivity index (χ0) is 23.0. The van der Waals surface area contributed by atoms with Gasteiger partial charge in [0.25, 0.3) is 11.8 Å². The quantitative estimate of drug-likeness (QED) is 0.523. The highest BCUT2D eigenvalue weighted by molar-refractivity contribution is 5.99. The van der Waals surface area contributed by atoms with Crippen LogP contribution in [0.5, 0.6) is 11.5 Å². The van der Waals surface area contributed by atoms with Crippen molar-refractivity contribution in [3.63, 3.8) is 0 Å². The molecule has 3 aromatic carbocycles. The van der Waals surface area contributed by atoms with Gasteiger partial charge in [0.05, 0.1) is 5.69 Å². The monoisotopic (exact) mass is 444 g/mol. The van der Waals surface area contributed by atoms with Crippen molar-refractivity contribution in [2.24, 2.45) is 0 Å². The van der Waals surface area contributed by atoms with Gasteiger partial charge < -0.3 is 19.7 Å². The second kappa shape index (κ2) is 10.7. The molecule has 0 radical (unpaired) electrons. The van der Waals surface area contributed by atoms with Crippen LogP contribution >= 0.6 is 0 Å². The molecule has 0 aromatic heterocycles. The topological polar surface area (TPSA) is 67.9 Å². The summed E-state index contributed by atoms with van der Waals surface area (Å²) >= 11 is 0. The molecule has 1 aliphatic rings. The number of fused-ring (bicyclic) bond motifs is 1. The van der Waals surface area contributed by atoms with Crippen LogP contribution in [0.4, 0.5) is 11.4 Å². The fourth-order valence-electron chi connectivity index (χ4n) is 3.81. The number of carbonyl (C=O) groups is 2. The first-order valence-corrected chi connectivity index (χ1v) is 11.2. The van der Waals surface area contributed by atoms with Crippen LogP contribution in [0.2, 0.25) is 0 Å². The Balaban J connectivity index is 1.38. The summed E-state index contributed by atoms with van der Waals surface area (Å²) < 4.78 is 11.2. The van der Waals surface area contributed by atoms with Crippen LogP contribution in [-0.4, -0.2) is 31.6 Å². The maximum atomic E-state index is 12.5. The lowest BCUT2D eigenvalue weighted by molar-refractivity contribution is -0.121. The van der Waals surface area contributed by atoms with Crippen LogP contribution in [0.25, 0.3) is 0 Å². The number of rotatable bonds is 9. The van der Waals surface area contributed by atoms with Gasteiger partial charge in [-0.05, 0) is 60.7 Å². The third-order valence-electron chi connectivity index (χ3n) is 5.55. The molecule has 1 aliphatic heterocycles. The molecule has 0 fully saturated rings. The minimum atomic E-state index is -0.268. The first-order valence-electron chi connectivity index (χ1n) is 11.2. The third-order valence-corrected chi connectivity index (χ3v) is 5.55. The van der Waals surface area contributed by atoms with Gasteiger partial charge in [-0.1, -0.05) is 49.4 Å². The maximum Gasteiger partial charge on any atom is 0.265 e. The van der Waals surface area contributed by atoms with E-state index in [1.165, 1.54) is 5.56 Å². The standard InChI is InChI=1S/C27H28N2O4/c1-2-20-10-6-12-23(16-20)32-18-26(30)28-22-13-14-25-24(17-22)29(27(31)19-33-25)15-7-11-21-8-4-3-5-9-21/h3-6,8-10,12-14,16-17H,2,7,11,15,18-19H2,1H3,(H,28,30). The first-order chi connectivity index (χ1) is 16.1. The number of amides is 2. The van der Waals surface area contributed by atoms with E-state index in [2.05, 4.69) is 24.4 Å². The molecule has 3 aromatic rings. The molecule has 0 atom stereocenters. The van der Waals surface area contributed by atoms with Crippen molar-refractivity contribution in [1.82, 2.24) is 0 Å². The molecule has 0 bridgehead atoms. The number of carbonyl (C=O) groups excluding carboxylic acids is 2. The lowest BCUT2D eigenvalue weighted by Crippen LogP contribution is -2.39. The molecule has 0 spiro atoms. The van der Waals surface area contributed by atoms with E-state index in [9.17, 15) is 9.59 Å². The van der Waals surface area contributed by atoms with E-state index in [0.717, 1.165) is 24.8 Å². The fourth-order valence-corrected chi connectivity index (χ4v) is 3.81. The highest BCUT2D eigenvalue weighted by atomic mass is 16.5. The molecule has 2 amide bonds. The van der Waals surface area contributed by atoms with Crippen molar-refractivity contribution in [1.29, 1.82) is 0 Å². The normalized spacial score (nSPS) is 12.6. The molecule has 33 heavy (non-hydrogen) atoms. The largest absolute Gasteiger partial charge is 0.484 e. The van der Waals surface area contributed by atoms with Crippen molar-refractivity contribution in [2.75, 3.05) is 30.0 Å². The lowest BCUT2D eigenvalue weighted by Gasteiger charge is -2.30. The van der Waals surface area contributed by atoms with Crippen LogP contribution in [0.3, 0.4) is 0 Å². The molecule has 1 N–H and O–H groups in total. The summed E-state index contributed by atoms with van der Waals surface area (Å²) in [5, 5.41) is 2.85. The number of hydrogen-bond acceptors (Lipinski definition) is 4. The second-order valence-corrected chi connectivity index (χ2v) is 7.94. The molecule has 0 saturated carbocycles. The molecule has 6 heteroatoms. The molecule has 6 nitrogen and oxygen atoms in total. The van der Waals surface area contributed by atoms with Crippen LogP contribution in [0, 0.1) is 0 Å². The van der Waals surface area contributed by atoms with Crippen molar-refractivity contribution >= 4 is 23.2 Å². The van der Waals surface area contributed by atoms with Gasteiger partial charge in [-0.2, -0.15) is 0 Å². The van der Waals surface area contributed by atoms with Gasteiger partial charge in [0.1, 0.15) is 11.5 Å². The van der Waals surface area contributed by atoms with Gasteiger partial charge in [-0.3, -0.25) is 9.59 Å². The van der Waals surface area contributed by atoms with Crippen LogP contribution in [0.1, 0.15) is 24.5 Å². The van der Waals surface area contributed by atoms with E-state index in [0.29, 0.717) is 29.4 Å². The summed E-state index contributed by atoms with van der Waals surface area (Å²) in [7, 11) is 0. The number of hydrogen-bond donors (Lipinski definition) is 1. The van der Waals surface area contributed by atoms with Gasteiger partial charge >= 0.3 is 0 Å². The molecule has 0 aliphatic carbocycles. The fraction of sp³-hybridized carbons (Fsp3) is 0.259. The van der Waals surface area contributed by atoms with Crippen molar-refractivity contribution in [2.45, 2.75) is 26.2 Å². The Morgan fingerprint density at radius 1 is 1.03 bits per heavy atom. The molecule has 170 valence electrons. The zero-order valence-electron chi connectivity index (χ0n) is 18.8. The summed E-state index contributed by atoms with van der Waals surface area (Å²) in [6, 6.07) is 23.2. The predicted molar refractivity (Wildman–Crippen MR) is 129 cm³/mol. The van der Waals surface area contributed by atoms with E-state index >= 15 is 0 Å². The van der Waals surface area contributed by atoms with E-state index in [1.54, 1.807) is 23.1 Å². The smallest absolute Gasteiger partial charge is 0.265 e. The first kappa shape index (κ1) is 22.4. The SMILES string of the molecule is CCc1cccc(OCC(=O)Nc2ccc3c(c2)N(CCCc2ccccc2)C(=O)CO3)c1. The average Bonchev–Trinajstić information content (AvgIpc) is 2.85. The summed E-state index contributed by atoms with van der Waals surface area (Å²) in [4.78, 5) is 26.7. The summed E-state index contributed by atoms with van der Waals surface area (Å²) in [6.45, 7) is 2.58.